The third-order valence-corrected chi connectivity index (χ3v) is 2.49. The SMILES string of the molecule is C=C(Cl)CC(C#N)(C#N)C(C#N)C(C)(C)C. The van der Waals surface area contributed by atoms with Gasteiger partial charge in [-0.1, -0.05) is 39.0 Å². The summed E-state index contributed by atoms with van der Waals surface area (Å²) < 4.78 is 0. The maximum Gasteiger partial charge on any atom is 0.164 e. The molecular weight excluding hydrogens is 222 g/mol. The maximum atomic E-state index is 9.17. The molecule has 0 spiro atoms. The molecule has 0 heterocycles. The summed E-state index contributed by atoms with van der Waals surface area (Å²) in [5, 5.41) is 27.7. The van der Waals surface area contributed by atoms with Crippen LogP contribution in [-0.4, -0.2) is 0 Å². The van der Waals surface area contributed by atoms with Gasteiger partial charge in [-0.3, -0.25) is 0 Å². The van der Waals surface area contributed by atoms with Crippen LogP contribution < -0.4 is 0 Å². The minimum atomic E-state index is -1.42. The van der Waals surface area contributed by atoms with Crippen LogP contribution in [0.1, 0.15) is 27.2 Å². The van der Waals surface area contributed by atoms with Gasteiger partial charge in [-0.25, -0.2) is 0 Å². The van der Waals surface area contributed by atoms with Crippen molar-refractivity contribution in [2.75, 3.05) is 0 Å². The fourth-order valence-electron chi connectivity index (χ4n) is 1.68. The summed E-state index contributed by atoms with van der Waals surface area (Å²) in [5.41, 5.74) is -1.89. The van der Waals surface area contributed by atoms with Crippen molar-refractivity contribution < 1.29 is 0 Å². The van der Waals surface area contributed by atoms with Crippen molar-refractivity contribution in [2.45, 2.75) is 27.2 Å². The van der Waals surface area contributed by atoms with Gasteiger partial charge in [0.15, 0.2) is 5.41 Å². The Kier molecular flexibility index (Phi) is 4.55. The summed E-state index contributed by atoms with van der Waals surface area (Å²) in [4.78, 5) is 0. The molecule has 0 aromatic heterocycles. The molecule has 0 N–H and O–H groups in total. The Balaban J connectivity index is 5.55. The molecule has 0 aliphatic rings. The molecule has 0 saturated heterocycles. The van der Waals surface area contributed by atoms with E-state index in [-0.39, 0.29) is 11.5 Å². The Morgan fingerprint density at radius 3 is 1.88 bits per heavy atom. The van der Waals surface area contributed by atoms with E-state index in [9.17, 15) is 0 Å². The van der Waals surface area contributed by atoms with E-state index in [1.54, 1.807) is 0 Å². The molecule has 3 nitrogen and oxygen atoms in total. The van der Waals surface area contributed by atoms with Crippen molar-refractivity contribution in [3.63, 3.8) is 0 Å². The molecule has 0 saturated carbocycles. The van der Waals surface area contributed by atoms with E-state index >= 15 is 0 Å². The van der Waals surface area contributed by atoms with Gasteiger partial charge in [-0.2, -0.15) is 15.8 Å². The molecule has 0 radical (unpaired) electrons. The average Bonchev–Trinajstić information content (AvgIpc) is 2.14. The molecule has 0 aromatic carbocycles. The Morgan fingerprint density at radius 2 is 1.69 bits per heavy atom. The Labute approximate surface area is 102 Å². The van der Waals surface area contributed by atoms with Gasteiger partial charge in [0.2, 0.25) is 0 Å². The highest BCUT2D eigenvalue weighted by Gasteiger charge is 2.46. The van der Waals surface area contributed by atoms with E-state index in [2.05, 4.69) is 6.58 Å². The van der Waals surface area contributed by atoms with Crippen LogP contribution in [0.2, 0.25) is 0 Å². The molecule has 0 amide bonds. The predicted octanol–water partition coefficient (Wildman–Crippen LogP) is 3.35. The van der Waals surface area contributed by atoms with E-state index in [4.69, 9.17) is 27.4 Å². The van der Waals surface area contributed by atoms with Crippen LogP contribution in [0.25, 0.3) is 0 Å². The van der Waals surface area contributed by atoms with E-state index in [0.29, 0.717) is 0 Å². The lowest BCUT2D eigenvalue weighted by Crippen LogP contribution is -2.36. The first kappa shape index (κ1) is 14.5. The van der Waals surface area contributed by atoms with Crippen LogP contribution in [-0.2, 0) is 0 Å². The molecule has 0 bridgehead atoms. The van der Waals surface area contributed by atoms with E-state index in [0.717, 1.165) is 0 Å². The maximum absolute atomic E-state index is 9.17. The second-order valence-electron chi connectivity index (χ2n) is 4.82. The summed E-state index contributed by atoms with van der Waals surface area (Å²) in [5.74, 6) is -0.717. The standard InChI is InChI=1S/C12H14ClN3/c1-9(13)5-12(7-15,8-16)10(6-14)11(2,3)4/h10H,1,5H2,2-4H3. The fraction of sp³-hybridized carbons (Fsp3) is 0.583. The van der Waals surface area contributed by atoms with Crippen LogP contribution >= 0.6 is 11.6 Å². The zero-order valence-corrected chi connectivity index (χ0v) is 10.5. The summed E-state index contributed by atoms with van der Waals surface area (Å²) in [6, 6.07) is 5.90. The van der Waals surface area contributed by atoms with Crippen LogP contribution in [0.3, 0.4) is 0 Å². The van der Waals surface area contributed by atoms with Crippen LogP contribution in [0.15, 0.2) is 11.6 Å². The molecule has 0 aliphatic heterocycles. The lowest BCUT2D eigenvalue weighted by molar-refractivity contribution is 0.201. The largest absolute Gasteiger partial charge is 0.198 e. The smallest absolute Gasteiger partial charge is 0.164 e. The van der Waals surface area contributed by atoms with Crippen molar-refractivity contribution in [2.24, 2.45) is 16.7 Å². The van der Waals surface area contributed by atoms with E-state index in [1.807, 2.05) is 39.0 Å². The lowest BCUT2D eigenvalue weighted by atomic mass is 9.64. The molecular formula is C12H14ClN3. The molecule has 0 aromatic rings. The topological polar surface area (TPSA) is 71.4 Å². The number of nitrogens with zero attached hydrogens (tertiary/aromatic N) is 3. The van der Waals surface area contributed by atoms with Gasteiger partial charge in [0.25, 0.3) is 0 Å². The lowest BCUT2D eigenvalue weighted by Gasteiger charge is -2.33. The summed E-state index contributed by atoms with van der Waals surface area (Å²) >= 11 is 5.66. The number of halogens is 1. The summed E-state index contributed by atoms with van der Waals surface area (Å²) in [6.45, 7) is 8.95. The van der Waals surface area contributed by atoms with Gasteiger partial charge in [0.1, 0.15) is 0 Å². The quantitative estimate of drug-likeness (QED) is 0.753. The molecule has 1 unspecified atom stereocenters. The van der Waals surface area contributed by atoms with Gasteiger partial charge in [0.05, 0.1) is 24.1 Å². The zero-order valence-electron chi connectivity index (χ0n) is 9.71. The molecule has 1 atom stereocenters. The second-order valence-corrected chi connectivity index (χ2v) is 5.35. The minimum Gasteiger partial charge on any atom is -0.198 e. The van der Waals surface area contributed by atoms with E-state index < -0.39 is 16.7 Å². The number of allylic oxidation sites excluding steroid dienone is 1. The summed E-state index contributed by atoms with van der Waals surface area (Å²) in [6.07, 6.45) is 0.0110. The fourth-order valence-corrected chi connectivity index (χ4v) is 1.89. The first-order chi connectivity index (χ1) is 7.23. The van der Waals surface area contributed by atoms with Crippen molar-refractivity contribution >= 4 is 11.6 Å². The van der Waals surface area contributed by atoms with Crippen LogP contribution in [0.4, 0.5) is 0 Å². The number of rotatable bonds is 3. The first-order valence-corrected chi connectivity index (χ1v) is 5.16. The highest BCUT2D eigenvalue weighted by atomic mass is 35.5. The normalized spacial score (nSPS) is 13.1. The minimum absolute atomic E-state index is 0.0110. The molecule has 16 heavy (non-hydrogen) atoms. The third kappa shape index (κ3) is 2.99. The van der Waals surface area contributed by atoms with Gasteiger partial charge in [0, 0.05) is 11.5 Å². The highest BCUT2D eigenvalue weighted by Crippen LogP contribution is 2.43. The zero-order chi connectivity index (χ0) is 13.0. The van der Waals surface area contributed by atoms with Gasteiger partial charge < -0.3 is 0 Å². The Bertz CT molecular complexity index is 384. The average molecular weight is 236 g/mol. The van der Waals surface area contributed by atoms with Gasteiger partial charge in [-0.15, -0.1) is 0 Å². The number of hydrogen-bond donors (Lipinski definition) is 0. The highest BCUT2D eigenvalue weighted by molar-refractivity contribution is 6.29. The van der Waals surface area contributed by atoms with Crippen LogP contribution in [0.5, 0.6) is 0 Å². The molecule has 4 heteroatoms. The number of hydrogen-bond acceptors (Lipinski definition) is 3. The molecule has 0 aliphatic carbocycles. The van der Waals surface area contributed by atoms with E-state index in [1.165, 1.54) is 0 Å². The van der Waals surface area contributed by atoms with Crippen molar-refractivity contribution in [1.82, 2.24) is 0 Å². The number of nitriles is 3. The van der Waals surface area contributed by atoms with Crippen molar-refractivity contribution in [3.05, 3.63) is 11.6 Å². The first-order valence-electron chi connectivity index (χ1n) is 4.79. The Hall–Kier alpha value is -1.50. The molecule has 0 rings (SSSR count). The monoisotopic (exact) mass is 235 g/mol. The van der Waals surface area contributed by atoms with Crippen molar-refractivity contribution in [1.29, 1.82) is 15.8 Å². The third-order valence-electron chi connectivity index (χ3n) is 2.36. The second kappa shape index (κ2) is 5.02. The molecule has 84 valence electrons. The molecule has 0 fully saturated rings. The predicted molar refractivity (Wildman–Crippen MR) is 61.8 cm³/mol. The van der Waals surface area contributed by atoms with Gasteiger partial charge >= 0.3 is 0 Å². The van der Waals surface area contributed by atoms with Gasteiger partial charge in [-0.05, 0) is 5.41 Å². The van der Waals surface area contributed by atoms with Crippen molar-refractivity contribution in [3.8, 4) is 18.2 Å². The Morgan fingerprint density at radius 1 is 1.25 bits per heavy atom. The van der Waals surface area contributed by atoms with Crippen LogP contribution in [0, 0.1) is 50.7 Å². The summed E-state index contributed by atoms with van der Waals surface area (Å²) in [7, 11) is 0.